The molecule has 1 aliphatic heterocycles. The van der Waals surface area contributed by atoms with Gasteiger partial charge in [0.15, 0.2) is 6.61 Å². The van der Waals surface area contributed by atoms with Crippen LogP contribution in [0.3, 0.4) is 0 Å². The first kappa shape index (κ1) is 16.3. The Hall–Kier alpha value is -2.14. The number of anilines is 1. The molecule has 1 aliphatic carbocycles. The maximum Gasteiger partial charge on any atom is 0.348 e. The molecule has 0 bridgehead atoms. The Balaban J connectivity index is 1.42. The Morgan fingerprint density at radius 1 is 1.20 bits per heavy atom. The molecular weight excluding hydrogens is 334 g/mol. The molecule has 0 unspecified atom stereocenters. The summed E-state index contributed by atoms with van der Waals surface area (Å²) >= 11 is 1.52. The number of amides is 1. The highest BCUT2D eigenvalue weighted by atomic mass is 32.1. The van der Waals surface area contributed by atoms with Gasteiger partial charge in [-0.05, 0) is 62.3 Å². The third kappa shape index (κ3) is 3.09. The van der Waals surface area contributed by atoms with Crippen LogP contribution in [0.25, 0.3) is 0 Å². The minimum atomic E-state index is -0.382. The summed E-state index contributed by atoms with van der Waals surface area (Å²) in [4.78, 5) is 28.6. The monoisotopic (exact) mass is 355 g/mol. The fraction of sp³-hybridized carbons (Fsp3) is 0.400. The van der Waals surface area contributed by atoms with Gasteiger partial charge < -0.3 is 9.64 Å². The smallest absolute Gasteiger partial charge is 0.348 e. The fourth-order valence-corrected chi connectivity index (χ4v) is 4.95. The van der Waals surface area contributed by atoms with Crippen LogP contribution in [0.4, 0.5) is 5.69 Å². The number of nitrogens with zero attached hydrogens (tertiary/aromatic N) is 1. The molecule has 0 fully saturated rings. The van der Waals surface area contributed by atoms with Crippen LogP contribution >= 0.6 is 11.3 Å². The van der Waals surface area contributed by atoms with Crippen molar-refractivity contribution in [2.24, 2.45) is 0 Å². The normalized spacial score (nSPS) is 18.6. The molecule has 2 aliphatic rings. The molecule has 1 aromatic heterocycles. The van der Waals surface area contributed by atoms with Gasteiger partial charge >= 0.3 is 5.97 Å². The molecule has 2 heterocycles. The second-order valence-electron chi connectivity index (χ2n) is 6.79. The topological polar surface area (TPSA) is 46.6 Å². The summed E-state index contributed by atoms with van der Waals surface area (Å²) in [5.74, 6) is -0.542. The molecule has 0 N–H and O–H groups in total. The number of rotatable bonds is 3. The van der Waals surface area contributed by atoms with Crippen LogP contribution in [0.2, 0.25) is 0 Å². The van der Waals surface area contributed by atoms with Crippen molar-refractivity contribution in [1.82, 2.24) is 0 Å². The average molecular weight is 355 g/mol. The number of thiophene rings is 1. The number of aryl methyl sites for hydroxylation is 2. The van der Waals surface area contributed by atoms with Gasteiger partial charge in [0, 0.05) is 16.6 Å². The van der Waals surface area contributed by atoms with E-state index in [1.807, 2.05) is 37.3 Å². The van der Waals surface area contributed by atoms with Crippen LogP contribution in [-0.2, 0) is 28.8 Å². The second-order valence-corrected chi connectivity index (χ2v) is 7.92. The van der Waals surface area contributed by atoms with Gasteiger partial charge in [-0.3, -0.25) is 4.79 Å². The average Bonchev–Trinajstić information content (AvgIpc) is 3.19. The Morgan fingerprint density at radius 2 is 2.00 bits per heavy atom. The van der Waals surface area contributed by atoms with Crippen LogP contribution in [0.5, 0.6) is 0 Å². The van der Waals surface area contributed by atoms with Crippen molar-refractivity contribution in [2.75, 3.05) is 11.5 Å². The lowest BCUT2D eigenvalue weighted by Gasteiger charge is -2.22. The third-order valence-corrected chi connectivity index (χ3v) is 6.22. The summed E-state index contributed by atoms with van der Waals surface area (Å²) in [5, 5.41) is 0. The van der Waals surface area contributed by atoms with Crippen molar-refractivity contribution in [3.63, 3.8) is 0 Å². The molecule has 4 rings (SSSR count). The van der Waals surface area contributed by atoms with E-state index in [1.54, 1.807) is 4.90 Å². The van der Waals surface area contributed by atoms with Crippen LogP contribution in [0.15, 0.2) is 30.3 Å². The minimum absolute atomic E-state index is 0.0950. The molecule has 2 aromatic rings. The molecule has 1 amide bonds. The zero-order valence-corrected chi connectivity index (χ0v) is 15.1. The van der Waals surface area contributed by atoms with E-state index in [0.717, 1.165) is 24.9 Å². The van der Waals surface area contributed by atoms with E-state index >= 15 is 0 Å². The van der Waals surface area contributed by atoms with E-state index < -0.39 is 0 Å². The van der Waals surface area contributed by atoms with Gasteiger partial charge in [-0.2, -0.15) is 0 Å². The minimum Gasteiger partial charge on any atom is -0.451 e. The largest absolute Gasteiger partial charge is 0.451 e. The molecule has 25 heavy (non-hydrogen) atoms. The molecule has 130 valence electrons. The molecule has 0 saturated carbocycles. The summed E-state index contributed by atoms with van der Waals surface area (Å²) < 4.78 is 5.32. The lowest BCUT2D eigenvalue weighted by Crippen LogP contribution is -2.38. The van der Waals surface area contributed by atoms with Crippen LogP contribution in [0.1, 0.15) is 45.4 Å². The van der Waals surface area contributed by atoms with E-state index in [4.69, 9.17) is 4.74 Å². The molecule has 4 nitrogen and oxygen atoms in total. The quantitative estimate of drug-likeness (QED) is 0.788. The van der Waals surface area contributed by atoms with E-state index in [1.165, 1.54) is 40.2 Å². The Morgan fingerprint density at radius 3 is 2.84 bits per heavy atom. The molecular formula is C20H21NO3S. The van der Waals surface area contributed by atoms with E-state index in [9.17, 15) is 9.59 Å². The van der Waals surface area contributed by atoms with Crippen molar-refractivity contribution in [2.45, 2.75) is 45.1 Å². The van der Waals surface area contributed by atoms with Crippen molar-refractivity contribution in [1.29, 1.82) is 0 Å². The number of fused-ring (bicyclic) bond motifs is 2. The maximum atomic E-state index is 12.6. The van der Waals surface area contributed by atoms with Gasteiger partial charge in [0.1, 0.15) is 4.88 Å². The van der Waals surface area contributed by atoms with Gasteiger partial charge in [-0.1, -0.05) is 18.2 Å². The molecule has 0 radical (unpaired) electrons. The molecule has 5 heteroatoms. The van der Waals surface area contributed by atoms with Gasteiger partial charge in [-0.25, -0.2) is 4.79 Å². The van der Waals surface area contributed by atoms with Gasteiger partial charge in [0.05, 0.1) is 0 Å². The number of para-hydroxylation sites is 1. The Kier molecular flexibility index (Phi) is 4.34. The van der Waals surface area contributed by atoms with Crippen molar-refractivity contribution in [3.05, 3.63) is 51.2 Å². The summed E-state index contributed by atoms with van der Waals surface area (Å²) in [5.41, 5.74) is 3.37. The van der Waals surface area contributed by atoms with Crippen LogP contribution in [0, 0.1) is 0 Å². The Bertz CT molecular complexity index is 803. The number of carbonyl (C=O) groups excluding carboxylic acids is 2. The third-order valence-electron chi connectivity index (χ3n) is 5.00. The first-order valence-electron chi connectivity index (χ1n) is 8.82. The van der Waals surface area contributed by atoms with Crippen LogP contribution < -0.4 is 4.90 Å². The summed E-state index contributed by atoms with van der Waals surface area (Å²) in [6, 6.07) is 9.95. The number of benzene rings is 1. The first-order chi connectivity index (χ1) is 12.1. The second kappa shape index (κ2) is 6.64. The SMILES string of the molecule is C[C@@H]1Cc2ccccc2N1C(=O)COC(=O)c1cc2c(s1)CCCC2. The lowest BCUT2D eigenvalue weighted by molar-refractivity contribution is -0.122. The molecule has 0 spiro atoms. The Labute approximate surface area is 151 Å². The van der Waals surface area contributed by atoms with E-state index in [2.05, 4.69) is 0 Å². The number of hydrogen-bond acceptors (Lipinski definition) is 4. The highest BCUT2D eigenvalue weighted by Gasteiger charge is 2.31. The predicted octanol–water partition coefficient (Wildman–Crippen LogP) is 3.76. The van der Waals surface area contributed by atoms with Gasteiger partial charge in [0.25, 0.3) is 5.91 Å². The number of ether oxygens (including phenoxy) is 1. The number of hydrogen-bond donors (Lipinski definition) is 0. The number of carbonyl (C=O) groups is 2. The van der Waals surface area contributed by atoms with E-state index in [-0.39, 0.29) is 24.5 Å². The van der Waals surface area contributed by atoms with Crippen molar-refractivity contribution in [3.8, 4) is 0 Å². The highest BCUT2D eigenvalue weighted by Crippen LogP contribution is 2.32. The lowest BCUT2D eigenvalue weighted by atomic mass is 9.99. The standard InChI is InChI=1S/C20H21NO3S/c1-13-10-14-6-2-4-8-16(14)21(13)19(22)12-24-20(23)18-11-15-7-3-5-9-17(15)25-18/h2,4,6,8,11,13H,3,5,7,9-10,12H2,1H3/t13-/m1/s1. The predicted molar refractivity (Wildman–Crippen MR) is 98.3 cm³/mol. The van der Waals surface area contributed by atoms with Crippen LogP contribution in [-0.4, -0.2) is 24.5 Å². The maximum absolute atomic E-state index is 12.6. The molecule has 1 aromatic carbocycles. The summed E-state index contributed by atoms with van der Waals surface area (Å²) in [7, 11) is 0. The van der Waals surface area contributed by atoms with E-state index in [0.29, 0.717) is 4.88 Å². The zero-order chi connectivity index (χ0) is 17.4. The molecule has 1 atom stereocenters. The summed E-state index contributed by atoms with van der Waals surface area (Å²) in [6.45, 7) is 1.81. The van der Waals surface area contributed by atoms with Gasteiger partial charge in [-0.15, -0.1) is 11.3 Å². The zero-order valence-electron chi connectivity index (χ0n) is 14.3. The van der Waals surface area contributed by atoms with Crippen molar-refractivity contribution < 1.29 is 14.3 Å². The summed E-state index contributed by atoms with van der Waals surface area (Å²) in [6.07, 6.45) is 5.30. The van der Waals surface area contributed by atoms with Gasteiger partial charge in [0.2, 0.25) is 0 Å². The number of esters is 1. The highest BCUT2D eigenvalue weighted by molar-refractivity contribution is 7.14. The van der Waals surface area contributed by atoms with Crippen molar-refractivity contribution >= 4 is 28.9 Å². The molecule has 0 saturated heterocycles. The fourth-order valence-electron chi connectivity index (χ4n) is 3.80. The first-order valence-corrected chi connectivity index (χ1v) is 9.64.